The van der Waals surface area contributed by atoms with Gasteiger partial charge >= 0.3 is 0 Å². The van der Waals surface area contributed by atoms with Gasteiger partial charge in [-0.2, -0.15) is 5.10 Å². The van der Waals surface area contributed by atoms with E-state index >= 15 is 0 Å². The fraction of sp³-hybridized carbons (Fsp3) is 0.250. The third-order valence-corrected chi connectivity index (χ3v) is 2.76. The number of rotatable bonds is 3. The van der Waals surface area contributed by atoms with Gasteiger partial charge in [0.15, 0.2) is 0 Å². The monoisotopic (exact) mass is 253 g/mol. The summed E-state index contributed by atoms with van der Waals surface area (Å²) in [7, 11) is 0. The quantitative estimate of drug-likeness (QED) is 0.914. The van der Waals surface area contributed by atoms with E-state index in [0.717, 1.165) is 5.56 Å². The Hall–Kier alpha value is -1.39. The molecule has 1 heterocycles. The summed E-state index contributed by atoms with van der Waals surface area (Å²) in [4.78, 5) is 0. The molecular formula is C12H13ClFN3. The van der Waals surface area contributed by atoms with Gasteiger partial charge in [-0.1, -0.05) is 17.7 Å². The molecule has 2 aromatic rings. The van der Waals surface area contributed by atoms with Crippen LogP contribution in [0.5, 0.6) is 0 Å². The Balaban J connectivity index is 2.19. The minimum atomic E-state index is -0.324. The lowest BCUT2D eigenvalue weighted by molar-refractivity contribution is 0.585. The van der Waals surface area contributed by atoms with Gasteiger partial charge in [0.25, 0.3) is 0 Å². The highest BCUT2D eigenvalue weighted by Crippen LogP contribution is 2.16. The van der Waals surface area contributed by atoms with Crippen molar-refractivity contribution in [1.29, 1.82) is 0 Å². The number of halogens is 2. The van der Waals surface area contributed by atoms with Crippen molar-refractivity contribution in [2.75, 3.05) is 0 Å². The molecule has 0 aliphatic heterocycles. The van der Waals surface area contributed by atoms with E-state index < -0.39 is 0 Å². The summed E-state index contributed by atoms with van der Waals surface area (Å²) in [5, 5.41) is 4.52. The Morgan fingerprint density at radius 3 is 2.88 bits per heavy atom. The molecule has 0 bridgehead atoms. The summed E-state index contributed by atoms with van der Waals surface area (Å²) >= 11 is 5.69. The third-order valence-electron chi connectivity index (χ3n) is 2.53. The molecule has 17 heavy (non-hydrogen) atoms. The van der Waals surface area contributed by atoms with Gasteiger partial charge in [-0.05, 0) is 19.1 Å². The molecule has 5 heteroatoms. The minimum Gasteiger partial charge on any atom is -0.324 e. The normalized spacial score (nSPS) is 12.7. The summed E-state index contributed by atoms with van der Waals surface area (Å²) in [5.74, 6) is -0.324. The van der Waals surface area contributed by atoms with E-state index in [1.165, 1.54) is 6.07 Å². The highest BCUT2D eigenvalue weighted by atomic mass is 35.5. The molecule has 0 spiro atoms. The van der Waals surface area contributed by atoms with Gasteiger partial charge in [0.05, 0.1) is 12.7 Å². The van der Waals surface area contributed by atoms with Crippen LogP contribution in [0.1, 0.15) is 24.1 Å². The maximum Gasteiger partial charge on any atom is 0.129 e. The van der Waals surface area contributed by atoms with Crippen LogP contribution in [0.25, 0.3) is 0 Å². The SMILES string of the molecule is CC(N)c1cnn(Cc2ccc(Cl)cc2F)c1. The van der Waals surface area contributed by atoms with Gasteiger partial charge in [-0.3, -0.25) is 4.68 Å². The van der Waals surface area contributed by atoms with E-state index in [0.29, 0.717) is 17.1 Å². The van der Waals surface area contributed by atoms with Crippen LogP contribution in [0, 0.1) is 5.82 Å². The predicted molar refractivity (Wildman–Crippen MR) is 65.3 cm³/mol. The lowest BCUT2D eigenvalue weighted by atomic mass is 10.2. The molecule has 0 radical (unpaired) electrons. The van der Waals surface area contributed by atoms with E-state index in [-0.39, 0.29) is 11.9 Å². The number of hydrogen-bond acceptors (Lipinski definition) is 2. The molecule has 2 rings (SSSR count). The molecule has 0 aliphatic rings. The Morgan fingerprint density at radius 1 is 1.53 bits per heavy atom. The average Bonchev–Trinajstić information content (AvgIpc) is 2.71. The van der Waals surface area contributed by atoms with Gasteiger partial charge < -0.3 is 5.73 Å². The van der Waals surface area contributed by atoms with Crippen LogP contribution in [0.4, 0.5) is 4.39 Å². The molecule has 1 unspecified atom stereocenters. The van der Waals surface area contributed by atoms with Crippen LogP contribution in [-0.4, -0.2) is 9.78 Å². The van der Waals surface area contributed by atoms with E-state index in [4.69, 9.17) is 17.3 Å². The van der Waals surface area contributed by atoms with Crippen LogP contribution in [0.3, 0.4) is 0 Å². The zero-order valence-corrected chi connectivity index (χ0v) is 10.2. The van der Waals surface area contributed by atoms with Gasteiger partial charge in [-0.15, -0.1) is 0 Å². The van der Waals surface area contributed by atoms with Crippen LogP contribution < -0.4 is 5.73 Å². The topological polar surface area (TPSA) is 43.8 Å². The number of nitrogens with two attached hydrogens (primary N) is 1. The Bertz CT molecular complexity index is 522. The first-order chi connectivity index (χ1) is 8.06. The average molecular weight is 254 g/mol. The number of benzene rings is 1. The van der Waals surface area contributed by atoms with Crippen molar-refractivity contribution < 1.29 is 4.39 Å². The standard InChI is InChI=1S/C12H13ClFN3/c1-8(15)10-5-16-17(7-10)6-9-2-3-11(13)4-12(9)14/h2-5,7-8H,6,15H2,1H3. The summed E-state index contributed by atoms with van der Waals surface area (Å²) in [6.07, 6.45) is 3.51. The number of hydrogen-bond donors (Lipinski definition) is 1. The van der Waals surface area contributed by atoms with Gasteiger partial charge in [-0.25, -0.2) is 4.39 Å². The minimum absolute atomic E-state index is 0.0705. The maximum atomic E-state index is 13.6. The van der Waals surface area contributed by atoms with Crippen molar-refractivity contribution in [2.24, 2.45) is 5.73 Å². The summed E-state index contributed by atoms with van der Waals surface area (Å²) in [6, 6.07) is 4.55. The van der Waals surface area contributed by atoms with Gasteiger partial charge in [0.2, 0.25) is 0 Å². The molecule has 3 nitrogen and oxygen atoms in total. The second-order valence-electron chi connectivity index (χ2n) is 4.00. The molecule has 0 saturated heterocycles. The molecule has 1 aromatic heterocycles. The highest BCUT2D eigenvalue weighted by Gasteiger charge is 2.06. The molecule has 2 N–H and O–H groups in total. The lowest BCUT2D eigenvalue weighted by Gasteiger charge is -2.04. The van der Waals surface area contributed by atoms with Crippen molar-refractivity contribution in [3.05, 3.63) is 52.6 Å². The van der Waals surface area contributed by atoms with Crippen molar-refractivity contribution in [1.82, 2.24) is 9.78 Å². The van der Waals surface area contributed by atoms with Crippen molar-refractivity contribution in [3.63, 3.8) is 0 Å². The first-order valence-electron chi connectivity index (χ1n) is 5.28. The Labute approximate surface area is 104 Å². The van der Waals surface area contributed by atoms with Crippen LogP contribution in [-0.2, 0) is 6.54 Å². The molecule has 0 amide bonds. The largest absolute Gasteiger partial charge is 0.324 e. The lowest BCUT2D eigenvalue weighted by Crippen LogP contribution is -2.04. The third kappa shape index (κ3) is 2.84. The fourth-order valence-electron chi connectivity index (χ4n) is 1.53. The maximum absolute atomic E-state index is 13.6. The van der Waals surface area contributed by atoms with Crippen LogP contribution in [0.15, 0.2) is 30.6 Å². The van der Waals surface area contributed by atoms with Crippen LogP contribution in [0.2, 0.25) is 5.02 Å². The summed E-state index contributed by atoms with van der Waals surface area (Å²) in [5.41, 5.74) is 7.21. The van der Waals surface area contributed by atoms with Crippen LogP contribution >= 0.6 is 11.6 Å². The second kappa shape index (κ2) is 4.85. The van der Waals surface area contributed by atoms with E-state index in [1.54, 1.807) is 23.0 Å². The molecular weight excluding hydrogens is 241 g/mol. The number of nitrogens with zero attached hydrogens (tertiary/aromatic N) is 2. The predicted octanol–water partition coefficient (Wildman–Crippen LogP) is 2.74. The molecule has 0 saturated carbocycles. The smallest absolute Gasteiger partial charge is 0.129 e. The van der Waals surface area contributed by atoms with Gasteiger partial charge in [0.1, 0.15) is 5.82 Å². The van der Waals surface area contributed by atoms with E-state index in [2.05, 4.69) is 5.10 Å². The van der Waals surface area contributed by atoms with Crippen molar-refractivity contribution in [3.8, 4) is 0 Å². The zero-order valence-electron chi connectivity index (χ0n) is 9.40. The molecule has 0 aliphatic carbocycles. The van der Waals surface area contributed by atoms with E-state index in [1.807, 2.05) is 13.1 Å². The zero-order chi connectivity index (χ0) is 12.4. The molecule has 0 fully saturated rings. The molecule has 1 atom stereocenters. The first-order valence-corrected chi connectivity index (χ1v) is 5.66. The van der Waals surface area contributed by atoms with Crippen molar-refractivity contribution >= 4 is 11.6 Å². The summed E-state index contributed by atoms with van der Waals surface area (Å²) < 4.78 is 15.2. The second-order valence-corrected chi connectivity index (χ2v) is 4.43. The molecule has 1 aromatic carbocycles. The number of aromatic nitrogens is 2. The molecule has 90 valence electrons. The Morgan fingerprint density at radius 2 is 2.29 bits per heavy atom. The Kier molecular flexibility index (Phi) is 3.45. The summed E-state index contributed by atoms with van der Waals surface area (Å²) in [6.45, 7) is 2.25. The van der Waals surface area contributed by atoms with Gasteiger partial charge in [0, 0.05) is 28.4 Å². The van der Waals surface area contributed by atoms with E-state index in [9.17, 15) is 4.39 Å². The first kappa shape index (κ1) is 12.1. The highest BCUT2D eigenvalue weighted by molar-refractivity contribution is 6.30. The fourth-order valence-corrected chi connectivity index (χ4v) is 1.68. The van der Waals surface area contributed by atoms with Crippen molar-refractivity contribution in [2.45, 2.75) is 19.5 Å².